The lowest BCUT2D eigenvalue weighted by atomic mass is 10.1. The van der Waals surface area contributed by atoms with Gasteiger partial charge in [0.25, 0.3) is 5.91 Å². The first-order chi connectivity index (χ1) is 15.5. The molecule has 1 unspecified atom stereocenters. The molecule has 1 amide bonds. The number of hydrogen-bond acceptors (Lipinski definition) is 4. The molecule has 4 aromatic rings. The molecule has 6 heteroatoms. The summed E-state index contributed by atoms with van der Waals surface area (Å²) in [6.07, 6.45) is -0.530. The summed E-state index contributed by atoms with van der Waals surface area (Å²) in [5.74, 6) is -0.0469. The highest BCUT2D eigenvalue weighted by Gasteiger charge is 2.25. The van der Waals surface area contributed by atoms with Crippen LogP contribution in [0.15, 0.2) is 82.0 Å². The van der Waals surface area contributed by atoms with Gasteiger partial charge in [0, 0.05) is 16.3 Å². The molecule has 0 aliphatic heterocycles. The summed E-state index contributed by atoms with van der Waals surface area (Å²) in [4.78, 5) is 26.2. The van der Waals surface area contributed by atoms with Crippen molar-refractivity contribution >= 4 is 34.2 Å². The van der Waals surface area contributed by atoms with Gasteiger partial charge in [0.1, 0.15) is 5.58 Å². The maximum Gasteiger partial charge on any atom is 0.265 e. The Morgan fingerprint density at radius 3 is 2.41 bits per heavy atom. The summed E-state index contributed by atoms with van der Waals surface area (Å²) in [6.45, 7) is 3.80. The largest absolute Gasteiger partial charge is 0.473 e. The molecule has 162 valence electrons. The molecule has 0 saturated carbocycles. The number of aryl methyl sites for hydroxylation is 1. The van der Waals surface area contributed by atoms with Crippen LogP contribution in [0.4, 0.5) is 5.69 Å². The number of carbonyl (C=O) groups excluding carboxylic acids is 1. The zero-order valence-corrected chi connectivity index (χ0v) is 18.5. The van der Waals surface area contributed by atoms with E-state index in [-0.39, 0.29) is 17.1 Å². The first kappa shape index (κ1) is 21.7. The van der Waals surface area contributed by atoms with Crippen LogP contribution in [0, 0.1) is 6.92 Å². The summed E-state index contributed by atoms with van der Waals surface area (Å²) < 4.78 is 12.1. The fourth-order valence-electron chi connectivity index (χ4n) is 3.35. The SMILES string of the molecule is CCC(Oc1c(-c2ccc(C)cc2)oc2ccccc2c1=O)C(=O)Nc1ccc(Cl)cc1. The fraction of sp³-hybridized carbons (Fsp3) is 0.154. The minimum Gasteiger partial charge on any atom is -0.473 e. The number of nitrogens with one attached hydrogen (secondary N) is 1. The van der Waals surface area contributed by atoms with Gasteiger partial charge in [-0.25, -0.2) is 0 Å². The third-order valence-electron chi connectivity index (χ3n) is 5.11. The Kier molecular flexibility index (Phi) is 6.28. The van der Waals surface area contributed by atoms with Crippen LogP contribution in [0.5, 0.6) is 5.75 Å². The van der Waals surface area contributed by atoms with Crippen LogP contribution in [-0.4, -0.2) is 12.0 Å². The molecule has 0 aliphatic carbocycles. The van der Waals surface area contributed by atoms with Crippen molar-refractivity contribution in [2.75, 3.05) is 5.32 Å². The fourth-order valence-corrected chi connectivity index (χ4v) is 3.47. The number of anilines is 1. The van der Waals surface area contributed by atoms with Gasteiger partial charge in [0.15, 0.2) is 11.9 Å². The molecule has 0 spiro atoms. The average Bonchev–Trinajstić information content (AvgIpc) is 2.80. The standard InChI is InChI=1S/C26H22ClNO4/c1-3-21(26(30)28-19-14-12-18(27)13-15-19)31-25-23(29)20-6-4-5-7-22(20)32-24(25)17-10-8-16(2)9-11-17/h4-15,21H,3H2,1-2H3,(H,28,30). The summed E-state index contributed by atoms with van der Waals surface area (Å²) in [6, 6.07) is 21.4. The van der Waals surface area contributed by atoms with Gasteiger partial charge in [0.05, 0.1) is 5.39 Å². The number of benzene rings is 3. The topological polar surface area (TPSA) is 68.5 Å². The van der Waals surface area contributed by atoms with Gasteiger partial charge in [-0.1, -0.05) is 60.5 Å². The van der Waals surface area contributed by atoms with Crippen molar-refractivity contribution in [1.82, 2.24) is 0 Å². The van der Waals surface area contributed by atoms with E-state index in [1.165, 1.54) is 0 Å². The maximum atomic E-state index is 13.3. The Bertz CT molecular complexity index is 1310. The molecule has 0 fully saturated rings. The van der Waals surface area contributed by atoms with E-state index in [2.05, 4.69) is 5.32 Å². The molecular formula is C26H22ClNO4. The highest BCUT2D eigenvalue weighted by Crippen LogP contribution is 2.32. The smallest absolute Gasteiger partial charge is 0.265 e. The number of rotatable bonds is 6. The molecule has 1 atom stereocenters. The quantitative estimate of drug-likeness (QED) is 0.381. The predicted octanol–water partition coefficient (Wildman–Crippen LogP) is 6.22. The number of amides is 1. The number of fused-ring (bicyclic) bond motifs is 1. The second kappa shape index (κ2) is 9.28. The lowest BCUT2D eigenvalue weighted by Crippen LogP contribution is -2.34. The summed E-state index contributed by atoms with van der Waals surface area (Å²) >= 11 is 5.91. The van der Waals surface area contributed by atoms with Crippen LogP contribution in [-0.2, 0) is 4.79 Å². The van der Waals surface area contributed by atoms with Crippen molar-refractivity contribution in [3.63, 3.8) is 0 Å². The zero-order valence-electron chi connectivity index (χ0n) is 17.7. The molecule has 3 aromatic carbocycles. The number of carbonyl (C=O) groups is 1. The minimum absolute atomic E-state index is 0.0191. The minimum atomic E-state index is -0.890. The number of halogens is 1. The van der Waals surface area contributed by atoms with E-state index in [0.717, 1.165) is 5.56 Å². The molecule has 0 saturated heterocycles. The molecule has 1 heterocycles. The Morgan fingerprint density at radius 1 is 1.03 bits per heavy atom. The lowest BCUT2D eigenvalue weighted by Gasteiger charge is -2.19. The van der Waals surface area contributed by atoms with E-state index in [0.29, 0.717) is 39.4 Å². The van der Waals surface area contributed by atoms with E-state index >= 15 is 0 Å². The molecule has 0 radical (unpaired) electrons. The van der Waals surface area contributed by atoms with Gasteiger partial charge in [-0.2, -0.15) is 0 Å². The van der Waals surface area contributed by atoms with Crippen LogP contribution in [0.25, 0.3) is 22.3 Å². The molecule has 0 bridgehead atoms. The van der Waals surface area contributed by atoms with Crippen molar-refractivity contribution in [2.24, 2.45) is 0 Å². The second-order valence-electron chi connectivity index (χ2n) is 7.46. The Hall–Kier alpha value is -3.57. The first-order valence-corrected chi connectivity index (χ1v) is 10.7. The van der Waals surface area contributed by atoms with Crippen molar-refractivity contribution in [3.8, 4) is 17.1 Å². The van der Waals surface area contributed by atoms with Crippen molar-refractivity contribution in [2.45, 2.75) is 26.4 Å². The van der Waals surface area contributed by atoms with Gasteiger partial charge >= 0.3 is 0 Å². The van der Waals surface area contributed by atoms with Crippen molar-refractivity contribution < 1.29 is 13.9 Å². The number of para-hydroxylation sites is 1. The normalized spacial score (nSPS) is 11.8. The van der Waals surface area contributed by atoms with Gasteiger partial charge in [0.2, 0.25) is 11.2 Å². The Morgan fingerprint density at radius 2 is 1.72 bits per heavy atom. The monoisotopic (exact) mass is 447 g/mol. The maximum absolute atomic E-state index is 13.3. The third-order valence-corrected chi connectivity index (χ3v) is 5.36. The van der Waals surface area contributed by atoms with Crippen LogP contribution in [0.3, 0.4) is 0 Å². The van der Waals surface area contributed by atoms with Crippen molar-refractivity contribution in [3.05, 3.63) is 93.6 Å². The Balaban J connectivity index is 1.74. The molecule has 0 aliphatic rings. The van der Waals surface area contributed by atoms with Crippen LogP contribution < -0.4 is 15.5 Å². The van der Waals surface area contributed by atoms with Gasteiger partial charge in [-0.15, -0.1) is 0 Å². The van der Waals surface area contributed by atoms with E-state index in [9.17, 15) is 9.59 Å². The molecule has 1 N–H and O–H groups in total. The van der Waals surface area contributed by atoms with E-state index in [4.69, 9.17) is 20.8 Å². The van der Waals surface area contributed by atoms with Gasteiger partial charge < -0.3 is 14.5 Å². The summed E-state index contributed by atoms with van der Waals surface area (Å²) in [7, 11) is 0. The first-order valence-electron chi connectivity index (χ1n) is 10.3. The van der Waals surface area contributed by atoms with Crippen LogP contribution in [0.1, 0.15) is 18.9 Å². The van der Waals surface area contributed by atoms with E-state index < -0.39 is 6.10 Å². The van der Waals surface area contributed by atoms with Gasteiger partial charge in [-0.3, -0.25) is 9.59 Å². The summed E-state index contributed by atoms with van der Waals surface area (Å²) in [5, 5.41) is 3.78. The highest BCUT2D eigenvalue weighted by atomic mass is 35.5. The molecule has 5 nitrogen and oxygen atoms in total. The molecular weight excluding hydrogens is 426 g/mol. The average molecular weight is 448 g/mol. The Labute approximate surface area is 190 Å². The molecule has 1 aromatic heterocycles. The summed E-state index contributed by atoms with van der Waals surface area (Å²) in [5.41, 5.74) is 2.50. The zero-order chi connectivity index (χ0) is 22.7. The van der Waals surface area contributed by atoms with Crippen LogP contribution in [0.2, 0.25) is 5.02 Å². The number of ether oxygens (including phenoxy) is 1. The second-order valence-corrected chi connectivity index (χ2v) is 7.90. The van der Waals surface area contributed by atoms with Crippen LogP contribution >= 0.6 is 11.6 Å². The van der Waals surface area contributed by atoms with E-state index in [1.54, 1.807) is 48.5 Å². The highest BCUT2D eigenvalue weighted by molar-refractivity contribution is 6.30. The van der Waals surface area contributed by atoms with Crippen molar-refractivity contribution in [1.29, 1.82) is 0 Å². The predicted molar refractivity (Wildman–Crippen MR) is 127 cm³/mol. The van der Waals surface area contributed by atoms with Gasteiger partial charge in [-0.05, 0) is 49.7 Å². The lowest BCUT2D eigenvalue weighted by molar-refractivity contribution is -0.122. The third kappa shape index (κ3) is 4.53. The molecule has 32 heavy (non-hydrogen) atoms. The van der Waals surface area contributed by atoms with E-state index in [1.807, 2.05) is 38.1 Å². The number of hydrogen-bond donors (Lipinski definition) is 1. The molecule has 4 rings (SSSR count).